The molecule has 0 unspecified atom stereocenters. The number of halogens is 3. The highest BCUT2D eigenvalue weighted by molar-refractivity contribution is 6.31. The van der Waals surface area contributed by atoms with Gasteiger partial charge in [0.2, 0.25) is 5.69 Å². The van der Waals surface area contributed by atoms with Gasteiger partial charge in [0.1, 0.15) is 6.33 Å². The molecular formula is C24H18ClF2N11O. The van der Waals surface area contributed by atoms with Crippen LogP contribution in [0.4, 0.5) is 8.78 Å². The summed E-state index contributed by atoms with van der Waals surface area (Å²) in [5.41, 5.74) is 2.45. The zero-order chi connectivity index (χ0) is 27.1. The summed E-state index contributed by atoms with van der Waals surface area (Å²) in [5, 5.41) is 37.1. The number of aromatic nitrogens is 11. The van der Waals surface area contributed by atoms with Gasteiger partial charge >= 0.3 is 0 Å². The molecule has 0 N–H and O–H groups in total. The Morgan fingerprint density at radius 1 is 1.03 bits per heavy atom. The quantitative estimate of drug-likeness (QED) is 0.221. The smallest absolute Gasteiger partial charge is 0.219 e. The van der Waals surface area contributed by atoms with Gasteiger partial charge in [-0.25, -0.2) is 8.78 Å². The van der Waals surface area contributed by atoms with Crippen molar-refractivity contribution in [2.24, 2.45) is 7.05 Å². The van der Waals surface area contributed by atoms with E-state index in [1.807, 2.05) is 6.07 Å². The summed E-state index contributed by atoms with van der Waals surface area (Å²) in [5.74, 6) is -1.24. The van der Waals surface area contributed by atoms with E-state index in [0.29, 0.717) is 10.4 Å². The minimum absolute atomic E-state index is 0.0502. The summed E-state index contributed by atoms with van der Waals surface area (Å²) in [6.45, 7) is 0.0966. The van der Waals surface area contributed by atoms with Crippen molar-refractivity contribution in [1.29, 1.82) is 0 Å². The fourth-order valence-electron chi connectivity index (χ4n) is 4.40. The van der Waals surface area contributed by atoms with Crippen LogP contribution >= 0.6 is 11.6 Å². The van der Waals surface area contributed by atoms with Crippen molar-refractivity contribution in [3.8, 4) is 28.1 Å². The van der Waals surface area contributed by atoms with Gasteiger partial charge in [0, 0.05) is 31.1 Å². The summed E-state index contributed by atoms with van der Waals surface area (Å²) in [7, 11) is 1.81. The molecule has 15 heteroatoms. The maximum absolute atomic E-state index is 15.3. The highest BCUT2D eigenvalue weighted by Crippen LogP contribution is 2.33. The van der Waals surface area contributed by atoms with Crippen LogP contribution in [-0.4, -0.2) is 49.5 Å². The third kappa shape index (κ3) is 4.50. The Bertz CT molecular complexity index is 1780. The molecule has 0 aliphatic rings. The van der Waals surface area contributed by atoms with Crippen LogP contribution in [0.25, 0.3) is 28.1 Å². The first-order valence-electron chi connectivity index (χ1n) is 11.5. The second kappa shape index (κ2) is 9.72. The molecule has 5 aromatic heterocycles. The van der Waals surface area contributed by atoms with Crippen molar-refractivity contribution in [3.63, 3.8) is 0 Å². The average Bonchev–Trinajstić information content (AvgIpc) is 3.73. The second-order valence-corrected chi connectivity index (χ2v) is 9.03. The third-order valence-electron chi connectivity index (χ3n) is 6.24. The van der Waals surface area contributed by atoms with Crippen LogP contribution in [0, 0.1) is 16.8 Å². The summed E-state index contributed by atoms with van der Waals surface area (Å²) < 4.78 is 35.5. The van der Waals surface area contributed by atoms with Crippen LogP contribution in [0.2, 0.25) is 5.02 Å². The van der Waals surface area contributed by atoms with Gasteiger partial charge in [-0.3, -0.25) is 14.0 Å². The normalized spacial score (nSPS) is 12.2. The third-order valence-corrected chi connectivity index (χ3v) is 6.53. The number of pyridine rings is 1. The van der Waals surface area contributed by atoms with Gasteiger partial charge in [-0.05, 0) is 34.7 Å². The molecule has 0 amide bonds. The molecule has 12 nitrogen and oxygen atoms in total. The predicted molar refractivity (Wildman–Crippen MR) is 133 cm³/mol. The van der Waals surface area contributed by atoms with Crippen LogP contribution in [0.3, 0.4) is 0 Å². The largest absolute Gasteiger partial charge is 0.618 e. The number of rotatable bonds is 7. The van der Waals surface area contributed by atoms with Crippen LogP contribution in [0.1, 0.15) is 11.7 Å². The lowest BCUT2D eigenvalue weighted by Gasteiger charge is -2.18. The first-order chi connectivity index (χ1) is 18.9. The molecule has 1 aromatic carbocycles. The molecular weight excluding hydrogens is 532 g/mol. The van der Waals surface area contributed by atoms with Crippen molar-refractivity contribution in [3.05, 3.63) is 101 Å². The fraction of sp³-hybridized carbons (Fsp3) is 0.125. The van der Waals surface area contributed by atoms with E-state index in [2.05, 4.69) is 30.8 Å². The first kappa shape index (κ1) is 24.4. The summed E-state index contributed by atoms with van der Waals surface area (Å²) in [6.07, 6.45) is 9.93. The van der Waals surface area contributed by atoms with Crippen LogP contribution < -0.4 is 4.73 Å². The lowest BCUT2D eigenvalue weighted by molar-refractivity contribution is -0.615. The molecule has 0 saturated heterocycles. The number of aryl methyl sites for hydroxylation is 1. The minimum Gasteiger partial charge on any atom is -0.618 e. The van der Waals surface area contributed by atoms with E-state index in [9.17, 15) is 9.60 Å². The molecule has 0 spiro atoms. The van der Waals surface area contributed by atoms with E-state index in [4.69, 9.17) is 11.6 Å². The van der Waals surface area contributed by atoms with Crippen molar-refractivity contribution in [2.45, 2.75) is 12.6 Å². The molecule has 0 radical (unpaired) electrons. The monoisotopic (exact) mass is 549 g/mol. The molecule has 0 fully saturated rings. The van der Waals surface area contributed by atoms with Crippen molar-refractivity contribution in [2.75, 3.05) is 0 Å². The fourth-order valence-corrected chi connectivity index (χ4v) is 4.56. The Labute approximate surface area is 223 Å². The molecule has 6 rings (SSSR count). The summed E-state index contributed by atoms with van der Waals surface area (Å²) in [6, 6.07) is 7.23. The van der Waals surface area contributed by atoms with Crippen molar-refractivity contribution in [1.82, 2.24) is 49.5 Å². The highest BCUT2D eigenvalue weighted by atomic mass is 35.5. The summed E-state index contributed by atoms with van der Waals surface area (Å²) in [4.78, 5) is 0. The summed E-state index contributed by atoms with van der Waals surface area (Å²) >= 11 is 6.07. The van der Waals surface area contributed by atoms with Gasteiger partial charge < -0.3 is 5.21 Å². The van der Waals surface area contributed by atoms with Gasteiger partial charge in [0.15, 0.2) is 23.9 Å². The maximum atomic E-state index is 15.3. The first-order valence-corrected chi connectivity index (χ1v) is 11.9. The molecule has 1 atom stereocenters. The lowest BCUT2D eigenvalue weighted by atomic mass is 10.0. The Morgan fingerprint density at radius 2 is 1.90 bits per heavy atom. The number of benzene rings is 1. The number of tetrazole rings is 1. The molecule has 6 aromatic rings. The van der Waals surface area contributed by atoms with Crippen molar-refractivity contribution < 1.29 is 13.5 Å². The standard InChI is InChI=1S/C24H18ClF2N11O/c1-34-19(6-7-29-34)16-8-31-36(10-16)22(13-35-12-17(26)9-30-35)20-4-2-15(11-38(20)39)23-21(37-14-28-32-33-37)5-3-18(25)24(23)27/h2-12,14,22H,13H2,1H3/t22-/m1/s1. The Morgan fingerprint density at radius 3 is 2.59 bits per heavy atom. The molecule has 0 saturated carbocycles. The van der Waals surface area contributed by atoms with E-state index in [-0.39, 0.29) is 28.4 Å². The highest BCUT2D eigenvalue weighted by Gasteiger charge is 2.27. The van der Waals surface area contributed by atoms with Gasteiger partial charge in [-0.2, -0.15) is 24.7 Å². The van der Waals surface area contributed by atoms with Crippen LogP contribution in [-0.2, 0) is 13.6 Å². The Kier molecular flexibility index (Phi) is 6.07. The van der Waals surface area contributed by atoms with E-state index in [1.165, 1.54) is 34.2 Å². The average molecular weight is 550 g/mol. The molecule has 5 heterocycles. The zero-order valence-electron chi connectivity index (χ0n) is 20.2. The van der Waals surface area contributed by atoms with Gasteiger partial charge in [0.25, 0.3) is 0 Å². The molecule has 0 bridgehead atoms. The number of hydrogen-bond donors (Lipinski definition) is 0. The molecule has 196 valence electrons. The zero-order valence-corrected chi connectivity index (χ0v) is 20.9. The Balaban J connectivity index is 1.44. The van der Waals surface area contributed by atoms with Crippen LogP contribution in [0.15, 0.2) is 73.8 Å². The van der Waals surface area contributed by atoms with Gasteiger partial charge in [0.05, 0.1) is 52.7 Å². The number of hydrogen-bond acceptors (Lipinski definition) is 7. The van der Waals surface area contributed by atoms with Gasteiger partial charge in [-0.1, -0.05) is 11.6 Å². The topological polar surface area (TPSA) is 124 Å². The molecule has 0 aliphatic carbocycles. The van der Waals surface area contributed by atoms with Crippen LogP contribution in [0.5, 0.6) is 0 Å². The predicted octanol–water partition coefficient (Wildman–Crippen LogP) is 2.98. The van der Waals surface area contributed by atoms with E-state index >= 15 is 4.39 Å². The van der Waals surface area contributed by atoms with E-state index < -0.39 is 17.7 Å². The molecule has 0 aliphatic heterocycles. The second-order valence-electron chi connectivity index (χ2n) is 8.62. The maximum Gasteiger partial charge on any atom is 0.219 e. The van der Waals surface area contributed by atoms with Gasteiger partial charge in [-0.15, -0.1) is 5.10 Å². The Hall–Kier alpha value is -4.98. The lowest BCUT2D eigenvalue weighted by Crippen LogP contribution is -2.37. The molecule has 39 heavy (non-hydrogen) atoms. The van der Waals surface area contributed by atoms with E-state index in [0.717, 1.165) is 17.5 Å². The van der Waals surface area contributed by atoms with Crippen molar-refractivity contribution >= 4 is 11.6 Å². The minimum atomic E-state index is -0.728. The van der Waals surface area contributed by atoms with E-state index in [1.54, 1.807) is 53.2 Å². The number of nitrogens with zero attached hydrogens (tertiary/aromatic N) is 11. The SMILES string of the molecule is Cn1nccc1-c1cnn([C@H](Cn2cc(F)cn2)c2ccc(-c3c(-n4cnnn4)ccc(Cl)c3F)c[n+]2[O-])c1.